The highest BCUT2D eigenvalue weighted by molar-refractivity contribution is 5.52. The zero-order chi connectivity index (χ0) is 6.41. The van der Waals surface area contributed by atoms with E-state index in [1.54, 1.807) is 6.92 Å². The normalized spacial score (nSPS) is 11.0. The lowest BCUT2D eigenvalue weighted by Gasteiger charge is -1.93. The molecule has 0 spiro atoms. The van der Waals surface area contributed by atoms with E-state index in [0.717, 1.165) is 0 Å². The lowest BCUT2D eigenvalue weighted by atomic mass is 10.8. The Labute approximate surface area is 46.1 Å². The van der Waals surface area contributed by atoms with E-state index in [9.17, 15) is 8.78 Å². The number of halogens is 2. The lowest BCUT2D eigenvalue weighted by molar-refractivity contribution is 0.0208. The Hall–Kier alpha value is -0.670. The van der Waals surface area contributed by atoms with Crippen LogP contribution in [0, 0.1) is 0 Å². The average molecular weight is 123 g/mol. The van der Waals surface area contributed by atoms with Crippen molar-refractivity contribution in [2.75, 3.05) is 6.61 Å². The maximum Gasteiger partial charge on any atom is 0.274 e. The third-order valence-electron chi connectivity index (χ3n) is 0.380. The first-order chi connectivity index (χ1) is 3.77. The molecule has 0 saturated carbocycles. The molecule has 0 bridgehead atoms. The smallest absolute Gasteiger partial charge is 0.274 e. The summed E-state index contributed by atoms with van der Waals surface area (Å²) in [5.74, 6) is 0. The van der Waals surface area contributed by atoms with E-state index in [-0.39, 0.29) is 0 Å². The van der Waals surface area contributed by atoms with E-state index >= 15 is 0 Å². The Morgan fingerprint density at radius 2 is 2.38 bits per heavy atom. The molecule has 0 amide bonds. The SMILES string of the molecule is CC=NOCC(F)F. The van der Waals surface area contributed by atoms with Gasteiger partial charge in [-0.1, -0.05) is 5.16 Å². The van der Waals surface area contributed by atoms with Crippen molar-refractivity contribution in [2.45, 2.75) is 13.3 Å². The molecule has 48 valence electrons. The number of hydrogen-bond donors (Lipinski definition) is 0. The van der Waals surface area contributed by atoms with Crippen LogP contribution in [0.1, 0.15) is 6.92 Å². The summed E-state index contributed by atoms with van der Waals surface area (Å²) in [5, 5.41) is 3.11. The zero-order valence-corrected chi connectivity index (χ0v) is 4.47. The van der Waals surface area contributed by atoms with Gasteiger partial charge in [-0.25, -0.2) is 8.78 Å². The first-order valence-corrected chi connectivity index (χ1v) is 2.15. The van der Waals surface area contributed by atoms with Crippen LogP contribution in [0.4, 0.5) is 8.78 Å². The second-order valence-corrected chi connectivity index (χ2v) is 1.05. The zero-order valence-electron chi connectivity index (χ0n) is 4.47. The number of rotatable bonds is 3. The monoisotopic (exact) mass is 123 g/mol. The molecule has 0 aromatic heterocycles. The number of hydrogen-bond acceptors (Lipinski definition) is 2. The summed E-state index contributed by atoms with van der Waals surface area (Å²) < 4.78 is 22.3. The predicted octanol–water partition coefficient (Wildman–Crippen LogP) is 1.27. The molecule has 0 heterocycles. The van der Waals surface area contributed by atoms with Crippen LogP contribution in [0.3, 0.4) is 0 Å². The number of oxime groups is 1. The van der Waals surface area contributed by atoms with Crippen LogP contribution >= 0.6 is 0 Å². The standard InChI is InChI=1S/C4H7F2NO/c1-2-7-8-3-4(5)6/h2,4H,3H2,1H3. The third kappa shape index (κ3) is 5.33. The molecule has 0 fully saturated rings. The van der Waals surface area contributed by atoms with Crippen molar-refractivity contribution in [1.29, 1.82) is 0 Å². The van der Waals surface area contributed by atoms with Gasteiger partial charge in [0.2, 0.25) is 0 Å². The molecule has 0 unspecified atom stereocenters. The molecule has 0 aliphatic rings. The van der Waals surface area contributed by atoms with Crippen molar-refractivity contribution in [3.05, 3.63) is 0 Å². The van der Waals surface area contributed by atoms with Crippen molar-refractivity contribution >= 4 is 6.21 Å². The molecule has 0 saturated heterocycles. The highest BCUT2D eigenvalue weighted by Gasteiger charge is 1.99. The Kier molecular flexibility index (Phi) is 4.11. The van der Waals surface area contributed by atoms with E-state index in [0.29, 0.717) is 0 Å². The van der Waals surface area contributed by atoms with E-state index in [2.05, 4.69) is 9.99 Å². The average Bonchev–Trinajstić information content (AvgIpc) is 1.66. The Morgan fingerprint density at radius 3 is 2.75 bits per heavy atom. The summed E-state index contributed by atoms with van der Waals surface area (Å²) in [4.78, 5) is 4.06. The van der Waals surface area contributed by atoms with Gasteiger partial charge in [0, 0.05) is 6.21 Å². The van der Waals surface area contributed by atoms with Crippen molar-refractivity contribution in [3.8, 4) is 0 Å². The van der Waals surface area contributed by atoms with Crippen LogP contribution in [-0.4, -0.2) is 19.2 Å². The summed E-state index contributed by atoms with van der Waals surface area (Å²) in [6, 6.07) is 0. The quantitative estimate of drug-likeness (QED) is 0.409. The Morgan fingerprint density at radius 1 is 1.75 bits per heavy atom. The van der Waals surface area contributed by atoms with Gasteiger partial charge in [-0.2, -0.15) is 0 Å². The van der Waals surface area contributed by atoms with Gasteiger partial charge < -0.3 is 4.84 Å². The maximum atomic E-state index is 11.2. The molecule has 0 radical (unpaired) electrons. The molecule has 4 heteroatoms. The molecular weight excluding hydrogens is 116 g/mol. The van der Waals surface area contributed by atoms with Crippen molar-refractivity contribution in [2.24, 2.45) is 5.16 Å². The van der Waals surface area contributed by atoms with Crippen LogP contribution in [0.2, 0.25) is 0 Å². The minimum atomic E-state index is -2.43. The minimum absolute atomic E-state index is 0.621. The number of nitrogens with zero attached hydrogens (tertiary/aromatic N) is 1. The molecule has 0 atom stereocenters. The molecule has 2 nitrogen and oxygen atoms in total. The highest BCUT2D eigenvalue weighted by atomic mass is 19.3. The summed E-state index contributed by atoms with van der Waals surface area (Å²) in [7, 11) is 0. The fraction of sp³-hybridized carbons (Fsp3) is 0.750. The van der Waals surface area contributed by atoms with E-state index < -0.39 is 13.0 Å². The van der Waals surface area contributed by atoms with Gasteiger partial charge >= 0.3 is 0 Å². The Bertz CT molecular complexity index is 74.4. The first-order valence-electron chi connectivity index (χ1n) is 2.15. The lowest BCUT2D eigenvalue weighted by Crippen LogP contribution is -1.99. The second kappa shape index (κ2) is 4.49. The maximum absolute atomic E-state index is 11.2. The van der Waals surface area contributed by atoms with Crippen LogP contribution in [0.25, 0.3) is 0 Å². The van der Waals surface area contributed by atoms with Crippen LogP contribution in [0.15, 0.2) is 5.16 Å². The number of alkyl halides is 2. The topological polar surface area (TPSA) is 21.6 Å². The predicted molar refractivity (Wildman–Crippen MR) is 26.1 cm³/mol. The van der Waals surface area contributed by atoms with E-state index in [4.69, 9.17) is 0 Å². The molecule has 0 aliphatic carbocycles. The second-order valence-electron chi connectivity index (χ2n) is 1.05. The van der Waals surface area contributed by atoms with Gasteiger partial charge in [0.25, 0.3) is 6.43 Å². The van der Waals surface area contributed by atoms with Gasteiger partial charge in [0.05, 0.1) is 0 Å². The van der Waals surface area contributed by atoms with Crippen LogP contribution in [0.5, 0.6) is 0 Å². The summed E-state index contributed by atoms with van der Waals surface area (Å²) in [6.07, 6.45) is -1.12. The van der Waals surface area contributed by atoms with E-state index in [1.165, 1.54) is 6.21 Å². The molecule has 0 rings (SSSR count). The largest absolute Gasteiger partial charge is 0.390 e. The van der Waals surface area contributed by atoms with E-state index in [1.807, 2.05) is 0 Å². The fourth-order valence-electron chi connectivity index (χ4n) is 0.174. The van der Waals surface area contributed by atoms with Gasteiger partial charge in [-0.15, -0.1) is 0 Å². The Balaban J connectivity index is 2.93. The first kappa shape index (κ1) is 7.33. The molecule has 8 heavy (non-hydrogen) atoms. The van der Waals surface area contributed by atoms with Crippen molar-refractivity contribution in [3.63, 3.8) is 0 Å². The summed E-state index contributed by atoms with van der Waals surface area (Å²) in [6.45, 7) is 0.968. The molecular formula is C4H7F2NO. The van der Waals surface area contributed by atoms with Crippen LogP contribution < -0.4 is 0 Å². The molecule has 0 aliphatic heterocycles. The summed E-state index contributed by atoms with van der Waals surface area (Å²) in [5.41, 5.74) is 0. The third-order valence-corrected chi connectivity index (χ3v) is 0.380. The minimum Gasteiger partial charge on any atom is -0.390 e. The van der Waals surface area contributed by atoms with Gasteiger partial charge in [0.15, 0.2) is 6.61 Å². The van der Waals surface area contributed by atoms with Crippen molar-refractivity contribution in [1.82, 2.24) is 0 Å². The fourth-order valence-corrected chi connectivity index (χ4v) is 0.174. The van der Waals surface area contributed by atoms with Crippen LogP contribution in [-0.2, 0) is 4.84 Å². The molecule has 0 N–H and O–H groups in total. The molecule has 0 aromatic rings. The highest BCUT2D eigenvalue weighted by Crippen LogP contribution is 1.91. The molecule has 0 aromatic carbocycles. The van der Waals surface area contributed by atoms with Gasteiger partial charge in [0.1, 0.15) is 0 Å². The van der Waals surface area contributed by atoms with Gasteiger partial charge in [-0.3, -0.25) is 0 Å². The van der Waals surface area contributed by atoms with Gasteiger partial charge in [-0.05, 0) is 6.92 Å². The van der Waals surface area contributed by atoms with Crippen molar-refractivity contribution < 1.29 is 13.6 Å². The summed E-state index contributed by atoms with van der Waals surface area (Å²) >= 11 is 0.